The van der Waals surface area contributed by atoms with Gasteiger partial charge in [-0.25, -0.2) is 9.48 Å². The molecule has 0 fully saturated rings. The van der Waals surface area contributed by atoms with Crippen LogP contribution in [0.1, 0.15) is 17.3 Å². The van der Waals surface area contributed by atoms with Gasteiger partial charge in [-0.1, -0.05) is 40.2 Å². The fourth-order valence-electron chi connectivity index (χ4n) is 3.54. The minimum atomic E-state index is -0.399. The monoisotopic (exact) mass is 650 g/mol. The minimum Gasteiger partial charge on any atom is -0.490 e. The number of rotatable bonds is 8. The molecule has 1 aromatic heterocycles. The standard InChI is InChI=1S/C25H21Br3N2O4/c1-3-33-24-22(28)23(16-5-4-6-17(13-16)25(31)32-2)29-30(24)11-12-34-20-10-7-15-14-18(26)8-9-19(15)21(20)27/h4-10,13-14H,3,11-12H2,1-2H3. The molecule has 4 rings (SSSR count). The minimum absolute atomic E-state index is 0.385. The highest BCUT2D eigenvalue weighted by molar-refractivity contribution is 9.11. The molecular formula is C25H21Br3N2O4. The molecule has 0 aliphatic heterocycles. The summed E-state index contributed by atoms with van der Waals surface area (Å²) in [5.41, 5.74) is 1.90. The molecule has 34 heavy (non-hydrogen) atoms. The molecule has 9 heteroatoms. The van der Waals surface area contributed by atoms with Gasteiger partial charge >= 0.3 is 5.97 Å². The number of hydrogen-bond acceptors (Lipinski definition) is 5. The van der Waals surface area contributed by atoms with Crippen molar-refractivity contribution in [3.05, 3.63) is 73.6 Å². The first-order chi connectivity index (χ1) is 16.4. The Morgan fingerprint density at radius 2 is 1.82 bits per heavy atom. The third-order valence-electron chi connectivity index (χ3n) is 5.13. The highest BCUT2D eigenvalue weighted by Crippen LogP contribution is 2.37. The fraction of sp³-hybridized carbons (Fsp3) is 0.200. The molecule has 0 spiro atoms. The van der Waals surface area contributed by atoms with Gasteiger partial charge in [0, 0.05) is 10.0 Å². The molecule has 0 aliphatic rings. The van der Waals surface area contributed by atoms with Gasteiger partial charge in [0.25, 0.3) is 0 Å². The van der Waals surface area contributed by atoms with Gasteiger partial charge < -0.3 is 14.2 Å². The molecule has 0 aliphatic carbocycles. The van der Waals surface area contributed by atoms with Crippen molar-refractivity contribution in [1.82, 2.24) is 9.78 Å². The predicted octanol–water partition coefficient (Wildman–Crippen LogP) is 7.26. The van der Waals surface area contributed by atoms with Gasteiger partial charge in [-0.3, -0.25) is 0 Å². The van der Waals surface area contributed by atoms with Gasteiger partial charge in [0.2, 0.25) is 5.88 Å². The number of carbonyl (C=O) groups excluding carboxylic acids is 1. The highest BCUT2D eigenvalue weighted by atomic mass is 79.9. The van der Waals surface area contributed by atoms with Gasteiger partial charge in [-0.05, 0) is 79.9 Å². The summed E-state index contributed by atoms with van der Waals surface area (Å²) in [6.45, 7) is 3.26. The van der Waals surface area contributed by atoms with Gasteiger partial charge in [0.1, 0.15) is 22.5 Å². The van der Waals surface area contributed by atoms with Crippen molar-refractivity contribution in [3.8, 4) is 22.9 Å². The van der Waals surface area contributed by atoms with E-state index in [-0.39, 0.29) is 0 Å². The van der Waals surface area contributed by atoms with E-state index in [0.29, 0.717) is 41.4 Å². The average Bonchev–Trinajstić information content (AvgIpc) is 3.15. The molecule has 0 atom stereocenters. The molecule has 3 aromatic carbocycles. The SMILES string of the molecule is CCOc1c(Br)c(-c2cccc(C(=O)OC)c2)nn1CCOc1ccc2cc(Br)ccc2c1Br. The van der Waals surface area contributed by atoms with Crippen LogP contribution in [0.5, 0.6) is 11.6 Å². The van der Waals surface area contributed by atoms with Crippen molar-refractivity contribution < 1.29 is 19.0 Å². The number of fused-ring (bicyclic) bond motifs is 1. The maximum Gasteiger partial charge on any atom is 0.337 e. The van der Waals surface area contributed by atoms with Crippen molar-refractivity contribution in [2.75, 3.05) is 20.3 Å². The zero-order chi connectivity index (χ0) is 24.2. The van der Waals surface area contributed by atoms with E-state index in [9.17, 15) is 4.79 Å². The molecule has 176 valence electrons. The van der Waals surface area contributed by atoms with E-state index in [1.807, 2.05) is 37.3 Å². The second kappa shape index (κ2) is 10.9. The van der Waals surface area contributed by atoms with Gasteiger partial charge in [0.15, 0.2) is 0 Å². The summed E-state index contributed by atoms with van der Waals surface area (Å²) < 4.78 is 21.2. The third-order valence-corrected chi connectivity index (χ3v) is 7.16. The summed E-state index contributed by atoms with van der Waals surface area (Å²) in [5, 5.41) is 6.92. The van der Waals surface area contributed by atoms with Crippen LogP contribution in [0.15, 0.2) is 68.0 Å². The summed E-state index contributed by atoms with van der Waals surface area (Å²) >= 11 is 10.8. The van der Waals surface area contributed by atoms with E-state index in [1.54, 1.807) is 22.9 Å². The molecule has 0 bridgehead atoms. The normalized spacial score (nSPS) is 11.0. The molecule has 0 saturated heterocycles. The van der Waals surface area contributed by atoms with E-state index in [0.717, 1.165) is 31.0 Å². The highest BCUT2D eigenvalue weighted by Gasteiger charge is 2.20. The zero-order valence-corrected chi connectivity index (χ0v) is 23.2. The molecule has 0 radical (unpaired) electrons. The third kappa shape index (κ3) is 5.16. The first kappa shape index (κ1) is 24.8. The lowest BCUT2D eigenvalue weighted by Gasteiger charge is -2.12. The molecule has 0 N–H and O–H groups in total. The Hall–Kier alpha value is -2.36. The molecular weight excluding hydrogens is 632 g/mol. The number of carbonyl (C=O) groups is 1. The lowest BCUT2D eigenvalue weighted by atomic mass is 10.1. The van der Waals surface area contributed by atoms with Gasteiger partial charge in [0.05, 0.1) is 30.3 Å². The van der Waals surface area contributed by atoms with Crippen LogP contribution in [0.4, 0.5) is 0 Å². The van der Waals surface area contributed by atoms with Crippen LogP contribution in [0, 0.1) is 0 Å². The summed E-state index contributed by atoms with van der Waals surface area (Å²) in [7, 11) is 1.36. The Morgan fingerprint density at radius 3 is 2.59 bits per heavy atom. The van der Waals surface area contributed by atoms with Crippen LogP contribution >= 0.6 is 47.8 Å². The number of methoxy groups -OCH3 is 1. The number of benzene rings is 3. The van der Waals surface area contributed by atoms with Gasteiger partial charge in [-0.15, -0.1) is 0 Å². The number of aromatic nitrogens is 2. The predicted molar refractivity (Wildman–Crippen MR) is 143 cm³/mol. The Labute approximate surface area is 222 Å². The maximum atomic E-state index is 12.0. The van der Waals surface area contributed by atoms with E-state index in [4.69, 9.17) is 19.3 Å². The van der Waals surface area contributed by atoms with Crippen molar-refractivity contribution in [2.24, 2.45) is 0 Å². The number of hydrogen-bond donors (Lipinski definition) is 0. The van der Waals surface area contributed by atoms with Crippen molar-refractivity contribution in [1.29, 1.82) is 0 Å². The van der Waals surface area contributed by atoms with Crippen LogP contribution in [-0.2, 0) is 11.3 Å². The quantitative estimate of drug-likeness (QED) is 0.188. The Bertz CT molecular complexity index is 1350. The van der Waals surface area contributed by atoms with Crippen molar-refractivity contribution in [2.45, 2.75) is 13.5 Å². The summed E-state index contributed by atoms with van der Waals surface area (Å²) in [6.07, 6.45) is 0. The summed E-state index contributed by atoms with van der Waals surface area (Å²) in [4.78, 5) is 12.0. The van der Waals surface area contributed by atoms with Crippen LogP contribution in [0.2, 0.25) is 0 Å². The number of esters is 1. The first-order valence-electron chi connectivity index (χ1n) is 10.5. The Balaban J connectivity index is 1.57. The number of halogens is 3. The second-order valence-electron chi connectivity index (χ2n) is 7.29. The maximum absolute atomic E-state index is 12.0. The molecule has 1 heterocycles. The second-order valence-corrected chi connectivity index (χ2v) is 9.79. The largest absolute Gasteiger partial charge is 0.490 e. The molecule has 6 nitrogen and oxygen atoms in total. The summed E-state index contributed by atoms with van der Waals surface area (Å²) in [5.74, 6) is 0.959. The molecule has 0 unspecified atom stereocenters. The van der Waals surface area contributed by atoms with Crippen LogP contribution in [-0.4, -0.2) is 36.1 Å². The van der Waals surface area contributed by atoms with E-state index in [2.05, 4.69) is 53.9 Å². The molecule has 0 amide bonds. The van der Waals surface area contributed by atoms with Crippen LogP contribution in [0.3, 0.4) is 0 Å². The Kier molecular flexibility index (Phi) is 7.95. The zero-order valence-electron chi connectivity index (χ0n) is 18.5. The molecule has 0 saturated carbocycles. The lowest BCUT2D eigenvalue weighted by molar-refractivity contribution is 0.0601. The smallest absolute Gasteiger partial charge is 0.337 e. The van der Waals surface area contributed by atoms with Crippen molar-refractivity contribution >= 4 is 64.5 Å². The fourth-order valence-corrected chi connectivity index (χ4v) is 5.16. The average molecular weight is 653 g/mol. The lowest BCUT2D eigenvalue weighted by Crippen LogP contribution is -2.12. The first-order valence-corrected chi connectivity index (χ1v) is 12.9. The number of ether oxygens (including phenoxy) is 3. The van der Waals surface area contributed by atoms with Crippen LogP contribution < -0.4 is 9.47 Å². The molecule has 4 aromatic rings. The van der Waals surface area contributed by atoms with E-state index in [1.165, 1.54) is 7.11 Å². The Morgan fingerprint density at radius 1 is 1.00 bits per heavy atom. The van der Waals surface area contributed by atoms with Crippen LogP contribution in [0.25, 0.3) is 22.0 Å². The topological polar surface area (TPSA) is 62.6 Å². The van der Waals surface area contributed by atoms with E-state index < -0.39 is 5.97 Å². The van der Waals surface area contributed by atoms with Crippen molar-refractivity contribution in [3.63, 3.8) is 0 Å². The van der Waals surface area contributed by atoms with E-state index >= 15 is 0 Å². The number of nitrogens with zero attached hydrogens (tertiary/aromatic N) is 2. The summed E-state index contributed by atoms with van der Waals surface area (Å²) in [6, 6.07) is 17.2. The van der Waals surface area contributed by atoms with Gasteiger partial charge in [-0.2, -0.15) is 5.10 Å².